The molecule has 16 heavy (non-hydrogen) atoms. The normalized spacial score (nSPS) is 24.3. The monoisotopic (exact) mass is 258 g/mol. The molecular formula is C9H17ClF2N2O2. The van der Waals surface area contributed by atoms with Crippen LogP contribution in [-0.4, -0.2) is 49.6 Å². The highest BCUT2D eigenvalue weighted by Gasteiger charge is 2.32. The fraction of sp³-hybridized carbons (Fsp3) is 0.889. The van der Waals surface area contributed by atoms with Gasteiger partial charge in [-0.1, -0.05) is 0 Å². The molecule has 0 aromatic rings. The highest BCUT2D eigenvalue weighted by atomic mass is 35.5. The third-order valence-corrected chi connectivity index (χ3v) is 2.43. The molecule has 1 saturated heterocycles. The van der Waals surface area contributed by atoms with Crippen LogP contribution in [0.25, 0.3) is 0 Å². The summed E-state index contributed by atoms with van der Waals surface area (Å²) in [6, 6.07) is 0. The van der Waals surface area contributed by atoms with Crippen molar-refractivity contribution < 1.29 is 18.3 Å². The zero-order valence-electron chi connectivity index (χ0n) is 9.07. The van der Waals surface area contributed by atoms with Gasteiger partial charge in [-0.05, 0) is 12.8 Å². The molecule has 1 aliphatic heterocycles. The quantitative estimate of drug-likeness (QED) is 0.805. The molecule has 0 unspecified atom stereocenters. The van der Waals surface area contributed by atoms with Crippen molar-refractivity contribution in [3.05, 3.63) is 0 Å². The smallest absolute Gasteiger partial charge is 0.255 e. The predicted octanol–water partition coefficient (Wildman–Crippen LogP) is 0.638. The zero-order chi connectivity index (χ0) is 11.4. The number of halogens is 3. The van der Waals surface area contributed by atoms with E-state index in [9.17, 15) is 13.6 Å². The van der Waals surface area contributed by atoms with Gasteiger partial charge in [0.05, 0.1) is 12.6 Å². The average molecular weight is 259 g/mol. The zero-order valence-corrected chi connectivity index (χ0v) is 9.88. The lowest BCUT2D eigenvalue weighted by Crippen LogP contribution is -2.39. The number of carbonyl (C=O) groups excluding carboxylic acids is 1. The molecule has 96 valence electrons. The van der Waals surface area contributed by atoms with Gasteiger partial charge in [0.1, 0.15) is 6.10 Å². The van der Waals surface area contributed by atoms with E-state index in [4.69, 9.17) is 10.5 Å². The number of hydrogen-bond acceptors (Lipinski definition) is 3. The van der Waals surface area contributed by atoms with Crippen LogP contribution in [0.3, 0.4) is 0 Å². The second-order valence-electron chi connectivity index (χ2n) is 3.67. The Balaban J connectivity index is 0.00000225. The molecule has 0 aliphatic carbocycles. The van der Waals surface area contributed by atoms with Crippen molar-refractivity contribution in [3.63, 3.8) is 0 Å². The van der Waals surface area contributed by atoms with E-state index >= 15 is 0 Å². The maximum absolute atomic E-state index is 12.0. The third kappa shape index (κ3) is 4.19. The van der Waals surface area contributed by atoms with Crippen LogP contribution in [0.5, 0.6) is 0 Å². The first-order valence-electron chi connectivity index (χ1n) is 4.93. The van der Waals surface area contributed by atoms with Crippen molar-refractivity contribution in [1.29, 1.82) is 0 Å². The van der Waals surface area contributed by atoms with Crippen molar-refractivity contribution in [2.24, 2.45) is 5.73 Å². The molecule has 1 heterocycles. The number of ether oxygens (including phenoxy) is 1. The highest BCUT2D eigenvalue weighted by Crippen LogP contribution is 2.20. The first kappa shape index (κ1) is 15.5. The van der Waals surface area contributed by atoms with Crippen molar-refractivity contribution in [2.75, 3.05) is 20.1 Å². The van der Waals surface area contributed by atoms with E-state index in [1.807, 2.05) is 0 Å². The number of likely N-dealkylation sites (N-methyl/N-ethyl adjacent to an activating group) is 1. The summed E-state index contributed by atoms with van der Waals surface area (Å²) >= 11 is 0. The summed E-state index contributed by atoms with van der Waals surface area (Å²) in [6.07, 6.45) is -1.93. The Bertz CT molecular complexity index is 232. The summed E-state index contributed by atoms with van der Waals surface area (Å²) in [5.74, 6) is -0.383. The largest absolute Gasteiger partial charge is 0.364 e. The van der Waals surface area contributed by atoms with Crippen molar-refractivity contribution in [2.45, 2.75) is 31.5 Å². The minimum atomic E-state index is -2.51. The van der Waals surface area contributed by atoms with Crippen LogP contribution < -0.4 is 5.73 Å². The number of rotatable bonds is 4. The van der Waals surface area contributed by atoms with Gasteiger partial charge in [0, 0.05) is 13.6 Å². The van der Waals surface area contributed by atoms with E-state index in [0.29, 0.717) is 13.0 Å². The third-order valence-electron chi connectivity index (χ3n) is 2.43. The van der Waals surface area contributed by atoms with Gasteiger partial charge in [-0.3, -0.25) is 4.79 Å². The van der Waals surface area contributed by atoms with Gasteiger partial charge in [-0.15, -0.1) is 12.4 Å². The number of nitrogens with two attached hydrogens (primary N) is 1. The van der Waals surface area contributed by atoms with Crippen LogP contribution in [0.2, 0.25) is 0 Å². The van der Waals surface area contributed by atoms with Gasteiger partial charge in [0.2, 0.25) is 0 Å². The molecule has 4 nitrogen and oxygen atoms in total. The van der Waals surface area contributed by atoms with E-state index in [1.54, 1.807) is 0 Å². The molecule has 0 spiro atoms. The predicted molar refractivity (Wildman–Crippen MR) is 57.8 cm³/mol. The molecule has 0 saturated carbocycles. The molecule has 1 rings (SSSR count). The van der Waals surface area contributed by atoms with Crippen LogP contribution in [0.1, 0.15) is 12.8 Å². The molecule has 1 fully saturated rings. The van der Waals surface area contributed by atoms with Crippen LogP contribution in [0.15, 0.2) is 0 Å². The van der Waals surface area contributed by atoms with Gasteiger partial charge in [0.15, 0.2) is 0 Å². The first-order chi connectivity index (χ1) is 7.04. The Morgan fingerprint density at radius 3 is 2.62 bits per heavy atom. The standard InChI is InChI=1S/C9H16F2N2O2.ClH/c1-13(5-8(10)11)9(14)7-3-2-6(4-12)15-7;/h6-8H,2-5,12H2,1H3;1H/t6-,7+;/m1./s1. The SMILES string of the molecule is CN(CC(F)F)C(=O)[C@@H]1CC[C@H](CN)O1.Cl. The maximum Gasteiger partial charge on any atom is 0.255 e. The Morgan fingerprint density at radius 2 is 2.19 bits per heavy atom. The Morgan fingerprint density at radius 1 is 1.56 bits per heavy atom. The molecule has 0 aromatic heterocycles. The van der Waals surface area contributed by atoms with Gasteiger partial charge in [0.25, 0.3) is 12.3 Å². The number of alkyl halides is 2. The van der Waals surface area contributed by atoms with Crippen LogP contribution in [0, 0.1) is 0 Å². The first-order valence-corrected chi connectivity index (χ1v) is 4.93. The van der Waals surface area contributed by atoms with Gasteiger partial charge >= 0.3 is 0 Å². The van der Waals surface area contributed by atoms with Gasteiger partial charge < -0.3 is 15.4 Å². The van der Waals surface area contributed by atoms with Gasteiger partial charge in [-0.25, -0.2) is 8.78 Å². The van der Waals surface area contributed by atoms with E-state index < -0.39 is 19.1 Å². The highest BCUT2D eigenvalue weighted by molar-refractivity contribution is 5.85. The Kier molecular flexibility index (Phi) is 6.78. The number of amides is 1. The van der Waals surface area contributed by atoms with Crippen LogP contribution in [-0.2, 0) is 9.53 Å². The second-order valence-corrected chi connectivity index (χ2v) is 3.67. The summed E-state index contributed by atoms with van der Waals surface area (Å²) in [6.45, 7) is -0.186. The van der Waals surface area contributed by atoms with Crippen molar-refractivity contribution in [1.82, 2.24) is 4.90 Å². The Hall–Kier alpha value is -0.460. The average Bonchev–Trinajstić information content (AvgIpc) is 2.63. The summed E-state index contributed by atoms with van der Waals surface area (Å²) in [5.41, 5.74) is 5.38. The van der Waals surface area contributed by atoms with E-state index in [2.05, 4.69) is 0 Å². The van der Waals surface area contributed by atoms with Crippen molar-refractivity contribution >= 4 is 18.3 Å². The second kappa shape index (κ2) is 6.98. The number of nitrogens with zero attached hydrogens (tertiary/aromatic N) is 1. The van der Waals surface area contributed by atoms with E-state index in [0.717, 1.165) is 11.3 Å². The molecule has 0 aromatic carbocycles. The summed E-state index contributed by atoms with van der Waals surface area (Å²) in [7, 11) is 1.35. The minimum absolute atomic E-state index is 0. The molecule has 2 atom stereocenters. The lowest BCUT2D eigenvalue weighted by atomic mass is 10.2. The topological polar surface area (TPSA) is 55.6 Å². The molecule has 0 radical (unpaired) electrons. The maximum atomic E-state index is 12.0. The molecule has 1 amide bonds. The van der Waals surface area contributed by atoms with E-state index in [1.165, 1.54) is 7.05 Å². The molecule has 1 aliphatic rings. The fourth-order valence-corrected chi connectivity index (χ4v) is 1.60. The molecule has 0 bridgehead atoms. The molecule has 7 heteroatoms. The summed E-state index contributed by atoms with van der Waals surface area (Å²) in [4.78, 5) is 12.6. The summed E-state index contributed by atoms with van der Waals surface area (Å²) in [5, 5.41) is 0. The molecular weight excluding hydrogens is 242 g/mol. The minimum Gasteiger partial charge on any atom is -0.364 e. The fourth-order valence-electron chi connectivity index (χ4n) is 1.60. The molecule has 2 N–H and O–H groups in total. The summed E-state index contributed by atoms with van der Waals surface area (Å²) < 4.78 is 29.4. The van der Waals surface area contributed by atoms with Crippen molar-refractivity contribution in [3.8, 4) is 0 Å². The van der Waals surface area contributed by atoms with E-state index in [-0.39, 0.29) is 24.4 Å². The van der Waals surface area contributed by atoms with Gasteiger partial charge in [-0.2, -0.15) is 0 Å². The van der Waals surface area contributed by atoms with Crippen LogP contribution in [0.4, 0.5) is 8.78 Å². The Labute approximate surface area is 99.5 Å². The lowest BCUT2D eigenvalue weighted by Gasteiger charge is -2.20. The lowest BCUT2D eigenvalue weighted by molar-refractivity contribution is -0.143. The number of hydrogen-bond donors (Lipinski definition) is 1. The van der Waals surface area contributed by atoms with Crippen LogP contribution >= 0.6 is 12.4 Å². The number of carbonyl (C=O) groups is 1.